The van der Waals surface area contributed by atoms with Gasteiger partial charge in [0.05, 0.1) is 29.1 Å². The summed E-state index contributed by atoms with van der Waals surface area (Å²) in [5, 5.41) is 14.6. The van der Waals surface area contributed by atoms with Gasteiger partial charge in [-0.25, -0.2) is 0 Å². The van der Waals surface area contributed by atoms with Crippen LogP contribution in [-0.2, 0) is 0 Å². The molecule has 0 atom stereocenters. The predicted molar refractivity (Wildman–Crippen MR) is 80.1 cm³/mol. The molecule has 0 amide bonds. The molecule has 0 unspecified atom stereocenters. The fraction of sp³-hybridized carbons (Fsp3) is 0.0769. The maximum absolute atomic E-state index is 9.89. The fourth-order valence-corrected chi connectivity index (χ4v) is 1.94. The summed E-state index contributed by atoms with van der Waals surface area (Å²) in [5.41, 5.74) is 3.65. The summed E-state index contributed by atoms with van der Waals surface area (Å²) in [6.07, 6.45) is 4.34. The van der Waals surface area contributed by atoms with E-state index >= 15 is 0 Å². The number of hydrogen-bond donors (Lipinski definition) is 2. The predicted octanol–water partition coefficient (Wildman–Crippen LogP) is 3.55. The Balaban J connectivity index is 2.19. The lowest BCUT2D eigenvalue weighted by molar-refractivity contribution is 0.373. The number of nitrogens with zero attached hydrogens (tertiary/aromatic N) is 2. The van der Waals surface area contributed by atoms with E-state index in [0.717, 1.165) is 0 Å². The van der Waals surface area contributed by atoms with Crippen LogP contribution in [0.2, 0.25) is 10.0 Å². The summed E-state index contributed by atoms with van der Waals surface area (Å²) >= 11 is 11.9. The lowest BCUT2D eigenvalue weighted by atomic mass is 10.2. The average Bonchev–Trinajstić information content (AvgIpc) is 2.44. The molecule has 0 bridgehead atoms. The van der Waals surface area contributed by atoms with Crippen molar-refractivity contribution in [2.24, 2.45) is 5.10 Å². The first-order valence-corrected chi connectivity index (χ1v) is 6.33. The third-order valence-corrected chi connectivity index (χ3v) is 3.06. The summed E-state index contributed by atoms with van der Waals surface area (Å²) in [5.74, 6) is 0.376. The van der Waals surface area contributed by atoms with Gasteiger partial charge in [-0.2, -0.15) is 5.10 Å². The van der Waals surface area contributed by atoms with Crippen LogP contribution in [0.15, 0.2) is 35.7 Å². The van der Waals surface area contributed by atoms with E-state index in [2.05, 4.69) is 15.5 Å². The molecule has 5 nitrogen and oxygen atoms in total. The topological polar surface area (TPSA) is 66.7 Å². The Labute approximate surface area is 125 Å². The molecule has 1 aromatic carbocycles. The maximum Gasteiger partial charge on any atom is 0.166 e. The molecule has 0 radical (unpaired) electrons. The van der Waals surface area contributed by atoms with Crippen molar-refractivity contribution >= 4 is 35.1 Å². The smallest absolute Gasteiger partial charge is 0.166 e. The second-order valence-corrected chi connectivity index (χ2v) is 4.56. The fourth-order valence-electron chi connectivity index (χ4n) is 1.49. The molecule has 0 saturated carbocycles. The van der Waals surface area contributed by atoms with Gasteiger partial charge in [-0.3, -0.25) is 10.4 Å². The summed E-state index contributed by atoms with van der Waals surface area (Å²) < 4.78 is 5.01. The summed E-state index contributed by atoms with van der Waals surface area (Å²) in [4.78, 5) is 3.84. The molecule has 0 fully saturated rings. The van der Waals surface area contributed by atoms with Crippen LogP contribution in [0.4, 0.5) is 5.69 Å². The molecule has 0 aliphatic carbocycles. The first-order valence-electron chi connectivity index (χ1n) is 5.57. The van der Waals surface area contributed by atoms with E-state index in [1.807, 2.05) is 0 Å². The molecule has 0 aliphatic heterocycles. The van der Waals surface area contributed by atoms with Crippen molar-refractivity contribution in [3.8, 4) is 11.5 Å². The Morgan fingerprint density at radius 2 is 2.00 bits per heavy atom. The molecular formula is C13H11Cl2N3O2. The Hall–Kier alpha value is -1.98. The highest BCUT2D eigenvalue weighted by atomic mass is 35.5. The molecule has 0 aliphatic rings. The highest BCUT2D eigenvalue weighted by Crippen LogP contribution is 2.30. The van der Waals surface area contributed by atoms with Gasteiger partial charge in [0.2, 0.25) is 0 Å². The number of rotatable bonds is 4. The third-order valence-electron chi connectivity index (χ3n) is 2.48. The minimum Gasteiger partial charge on any atom is -0.504 e. The van der Waals surface area contributed by atoms with Crippen molar-refractivity contribution < 1.29 is 9.84 Å². The molecule has 2 aromatic rings. The van der Waals surface area contributed by atoms with E-state index in [1.165, 1.54) is 25.7 Å². The minimum absolute atomic E-state index is 0.00692. The average molecular weight is 312 g/mol. The van der Waals surface area contributed by atoms with Crippen LogP contribution in [-0.4, -0.2) is 23.4 Å². The van der Waals surface area contributed by atoms with E-state index in [1.54, 1.807) is 18.2 Å². The molecule has 20 heavy (non-hydrogen) atoms. The SMILES string of the molecule is COc1cccc(/C=N\Nc2c(Cl)cncc2Cl)c1O. The molecule has 7 heteroatoms. The number of para-hydroxylation sites is 1. The van der Waals surface area contributed by atoms with Crippen LogP contribution in [0.3, 0.4) is 0 Å². The van der Waals surface area contributed by atoms with Gasteiger partial charge in [-0.1, -0.05) is 29.3 Å². The van der Waals surface area contributed by atoms with Crippen LogP contribution in [0, 0.1) is 0 Å². The lowest BCUT2D eigenvalue weighted by Crippen LogP contribution is -1.94. The number of aromatic hydroxyl groups is 1. The highest BCUT2D eigenvalue weighted by molar-refractivity contribution is 6.38. The van der Waals surface area contributed by atoms with Crippen LogP contribution >= 0.6 is 23.2 Å². The Morgan fingerprint density at radius 3 is 2.65 bits per heavy atom. The third kappa shape index (κ3) is 3.12. The number of hydrazone groups is 1. The quantitative estimate of drug-likeness (QED) is 0.669. The van der Waals surface area contributed by atoms with Gasteiger partial charge >= 0.3 is 0 Å². The van der Waals surface area contributed by atoms with Crippen molar-refractivity contribution in [2.75, 3.05) is 12.5 Å². The first-order chi connectivity index (χ1) is 9.63. The number of phenolic OH excluding ortho intramolecular Hbond substituents is 1. The van der Waals surface area contributed by atoms with Crippen LogP contribution in [0.5, 0.6) is 11.5 Å². The van der Waals surface area contributed by atoms with Crippen LogP contribution < -0.4 is 10.2 Å². The van der Waals surface area contributed by atoms with Crippen molar-refractivity contribution in [1.82, 2.24) is 4.98 Å². The second kappa shape index (κ2) is 6.45. The molecule has 2 N–H and O–H groups in total. The second-order valence-electron chi connectivity index (χ2n) is 3.75. The van der Waals surface area contributed by atoms with Crippen molar-refractivity contribution in [3.63, 3.8) is 0 Å². The van der Waals surface area contributed by atoms with Gasteiger partial charge in [-0.15, -0.1) is 0 Å². The summed E-state index contributed by atoms with van der Waals surface area (Å²) in [6.45, 7) is 0. The molecule has 1 aromatic heterocycles. The van der Waals surface area contributed by atoms with E-state index in [-0.39, 0.29) is 5.75 Å². The van der Waals surface area contributed by atoms with Gasteiger partial charge in [0.15, 0.2) is 11.5 Å². The molecule has 0 saturated heterocycles. The minimum atomic E-state index is 0.00692. The number of phenols is 1. The molecule has 0 spiro atoms. The maximum atomic E-state index is 9.89. The normalized spacial score (nSPS) is 10.8. The Kier molecular flexibility index (Phi) is 4.65. The number of nitrogens with one attached hydrogen (secondary N) is 1. The lowest BCUT2D eigenvalue weighted by Gasteiger charge is -2.06. The summed E-state index contributed by atoms with van der Waals surface area (Å²) in [6, 6.07) is 5.09. The zero-order chi connectivity index (χ0) is 14.5. The van der Waals surface area contributed by atoms with Crippen molar-refractivity contribution in [1.29, 1.82) is 0 Å². The summed E-state index contributed by atoms with van der Waals surface area (Å²) in [7, 11) is 1.48. The Bertz CT molecular complexity index is 627. The number of aromatic nitrogens is 1. The van der Waals surface area contributed by atoms with Crippen LogP contribution in [0.25, 0.3) is 0 Å². The monoisotopic (exact) mass is 311 g/mol. The van der Waals surface area contributed by atoms with E-state index in [9.17, 15) is 5.11 Å². The van der Waals surface area contributed by atoms with E-state index in [0.29, 0.717) is 27.0 Å². The van der Waals surface area contributed by atoms with Gasteiger partial charge in [0.25, 0.3) is 0 Å². The van der Waals surface area contributed by atoms with Crippen LogP contribution in [0.1, 0.15) is 5.56 Å². The standard InChI is InChI=1S/C13H11Cl2N3O2/c1-20-11-4-2-3-8(13(11)19)5-17-18-12-9(14)6-16-7-10(12)15/h2-7,19H,1H3,(H,16,18)/b17-5-. The largest absolute Gasteiger partial charge is 0.504 e. The number of anilines is 1. The van der Waals surface area contributed by atoms with Gasteiger partial charge in [0, 0.05) is 18.0 Å². The van der Waals surface area contributed by atoms with Gasteiger partial charge in [-0.05, 0) is 12.1 Å². The molecule has 104 valence electrons. The zero-order valence-electron chi connectivity index (χ0n) is 10.5. The van der Waals surface area contributed by atoms with E-state index < -0.39 is 0 Å². The zero-order valence-corrected chi connectivity index (χ0v) is 12.0. The number of pyridine rings is 1. The number of methoxy groups -OCH3 is 1. The van der Waals surface area contributed by atoms with E-state index in [4.69, 9.17) is 27.9 Å². The molecule has 1 heterocycles. The van der Waals surface area contributed by atoms with Crippen molar-refractivity contribution in [3.05, 3.63) is 46.2 Å². The number of ether oxygens (including phenoxy) is 1. The number of halogens is 2. The first kappa shape index (κ1) is 14.4. The highest BCUT2D eigenvalue weighted by Gasteiger charge is 2.06. The molecular weight excluding hydrogens is 301 g/mol. The van der Waals surface area contributed by atoms with Gasteiger partial charge < -0.3 is 9.84 Å². The van der Waals surface area contributed by atoms with Crippen molar-refractivity contribution in [2.45, 2.75) is 0 Å². The Morgan fingerprint density at radius 1 is 1.30 bits per heavy atom. The number of hydrogen-bond acceptors (Lipinski definition) is 5. The molecule has 2 rings (SSSR count). The van der Waals surface area contributed by atoms with Gasteiger partial charge in [0.1, 0.15) is 0 Å². The number of benzene rings is 1.